The lowest BCUT2D eigenvalue weighted by Crippen LogP contribution is -2.47. The summed E-state index contributed by atoms with van der Waals surface area (Å²) in [5, 5.41) is 14.0. The van der Waals surface area contributed by atoms with Crippen LogP contribution in [0.2, 0.25) is 0 Å². The molecule has 7 heteroatoms. The molecular formula is C16H25N5OS. The second kappa shape index (κ2) is 6.47. The fraction of sp³-hybridized carbons (Fsp3) is 0.688. The molecule has 0 radical (unpaired) electrons. The first-order valence-electron chi connectivity index (χ1n) is 8.27. The number of aromatic nitrogens is 2. The minimum atomic E-state index is -0.0859. The number of nitrogens with zero attached hydrogens (tertiary/aromatic N) is 2. The third kappa shape index (κ3) is 3.49. The number of anilines is 1. The Labute approximate surface area is 142 Å². The summed E-state index contributed by atoms with van der Waals surface area (Å²) in [5.41, 5.74) is 2.41. The monoisotopic (exact) mass is 335 g/mol. The van der Waals surface area contributed by atoms with E-state index >= 15 is 0 Å². The highest BCUT2D eigenvalue weighted by atomic mass is 32.1. The van der Waals surface area contributed by atoms with Crippen LogP contribution in [0.1, 0.15) is 37.1 Å². The lowest BCUT2D eigenvalue weighted by atomic mass is 9.95. The molecule has 6 nitrogen and oxygen atoms in total. The van der Waals surface area contributed by atoms with E-state index in [1.54, 1.807) is 4.90 Å². The zero-order valence-electron chi connectivity index (χ0n) is 14.0. The molecule has 0 aromatic carbocycles. The van der Waals surface area contributed by atoms with Crippen molar-refractivity contribution in [1.82, 2.24) is 20.4 Å². The Bertz CT molecular complexity index is 594. The number of fused-ring (bicyclic) bond motifs is 2. The van der Waals surface area contributed by atoms with Crippen molar-refractivity contribution in [3.8, 4) is 0 Å². The molecular weight excluding hydrogens is 310 g/mol. The molecule has 1 amide bonds. The van der Waals surface area contributed by atoms with Gasteiger partial charge in [0.1, 0.15) is 0 Å². The van der Waals surface area contributed by atoms with Crippen molar-refractivity contribution in [2.45, 2.75) is 45.6 Å². The number of thiocarbonyl (C=S) groups is 1. The Morgan fingerprint density at radius 1 is 1.39 bits per heavy atom. The summed E-state index contributed by atoms with van der Waals surface area (Å²) in [5.74, 6) is 1.55. The summed E-state index contributed by atoms with van der Waals surface area (Å²) in [6.45, 7) is 3.99. The molecule has 0 aliphatic heterocycles. The SMILES string of the molecule is Cc1n[nH]c(C)c1NC(=O)CN(C)C(=S)N[C@H]1C[C@H]2CC[C@@H]1C2. The number of carbonyl (C=O) groups is 1. The van der Waals surface area contributed by atoms with Gasteiger partial charge in [-0.25, -0.2) is 0 Å². The first-order valence-corrected chi connectivity index (χ1v) is 8.68. The Hall–Kier alpha value is -1.63. The van der Waals surface area contributed by atoms with Crippen molar-refractivity contribution in [1.29, 1.82) is 0 Å². The fourth-order valence-electron chi connectivity index (χ4n) is 3.89. The molecule has 2 fully saturated rings. The van der Waals surface area contributed by atoms with Gasteiger partial charge in [-0.15, -0.1) is 0 Å². The number of carbonyl (C=O) groups excluding carboxylic acids is 1. The highest BCUT2D eigenvalue weighted by Gasteiger charge is 2.39. The molecule has 1 aromatic heterocycles. The average Bonchev–Trinajstić information content (AvgIpc) is 3.19. The van der Waals surface area contributed by atoms with Crippen LogP contribution in [0.25, 0.3) is 0 Å². The van der Waals surface area contributed by atoms with E-state index in [0.29, 0.717) is 11.2 Å². The molecule has 2 bridgehead atoms. The highest BCUT2D eigenvalue weighted by Crippen LogP contribution is 2.44. The van der Waals surface area contributed by atoms with Gasteiger partial charge in [0.25, 0.3) is 0 Å². The van der Waals surface area contributed by atoms with E-state index in [0.717, 1.165) is 28.9 Å². The summed E-state index contributed by atoms with van der Waals surface area (Å²) in [7, 11) is 1.86. The van der Waals surface area contributed by atoms with E-state index in [1.165, 1.54) is 25.7 Å². The van der Waals surface area contributed by atoms with Crippen LogP contribution < -0.4 is 10.6 Å². The molecule has 0 unspecified atom stereocenters. The van der Waals surface area contributed by atoms with E-state index in [-0.39, 0.29) is 12.5 Å². The number of hydrogen-bond acceptors (Lipinski definition) is 3. The molecule has 2 aliphatic carbocycles. The number of hydrogen-bond donors (Lipinski definition) is 3. The lowest BCUT2D eigenvalue weighted by molar-refractivity contribution is -0.116. The molecule has 3 atom stereocenters. The quantitative estimate of drug-likeness (QED) is 0.734. The molecule has 0 spiro atoms. The van der Waals surface area contributed by atoms with Crippen LogP contribution in [0.4, 0.5) is 5.69 Å². The zero-order valence-corrected chi connectivity index (χ0v) is 14.8. The number of rotatable bonds is 4. The number of aromatic amines is 1. The normalized spacial score (nSPS) is 25.4. The van der Waals surface area contributed by atoms with Gasteiger partial charge in [-0.2, -0.15) is 5.10 Å². The van der Waals surface area contributed by atoms with E-state index in [9.17, 15) is 4.79 Å². The van der Waals surface area contributed by atoms with Gasteiger partial charge in [0.15, 0.2) is 5.11 Å². The van der Waals surface area contributed by atoms with Crippen LogP contribution >= 0.6 is 12.2 Å². The molecule has 2 aliphatic rings. The third-order valence-electron chi connectivity index (χ3n) is 5.17. The van der Waals surface area contributed by atoms with Gasteiger partial charge in [0.05, 0.1) is 23.6 Å². The molecule has 2 saturated carbocycles. The molecule has 3 rings (SSSR count). The minimum absolute atomic E-state index is 0.0859. The number of nitrogens with one attached hydrogen (secondary N) is 3. The predicted octanol–water partition coefficient (Wildman–Crippen LogP) is 1.96. The van der Waals surface area contributed by atoms with Crippen molar-refractivity contribution < 1.29 is 4.79 Å². The maximum Gasteiger partial charge on any atom is 0.244 e. The summed E-state index contributed by atoms with van der Waals surface area (Å²) < 4.78 is 0. The van der Waals surface area contributed by atoms with Gasteiger partial charge >= 0.3 is 0 Å². The summed E-state index contributed by atoms with van der Waals surface area (Å²) >= 11 is 5.46. The molecule has 3 N–H and O–H groups in total. The van der Waals surface area contributed by atoms with Gasteiger partial charge in [0.2, 0.25) is 5.91 Å². The maximum atomic E-state index is 12.2. The third-order valence-corrected chi connectivity index (χ3v) is 5.60. The van der Waals surface area contributed by atoms with Crippen LogP contribution in [0.15, 0.2) is 0 Å². The van der Waals surface area contributed by atoms with Crippen LogP contribution in [0, 0.1) is 25.7 Å². The Morgan fingerprint density at radius 2 is 2.17 bits per heavy atom. The lowest BCUT2D eigenvalue weighted by Gasteiger charge is -2.28. The number of likely N-dealkylation sites (N-methyl/N-ethyl adjacent to an activating group) is 1. The average molecular weight is 335 g/mol. The summed E-state index contributed by atoms with van der Waals surface area (Å²) in [6, 6.07) is 0.491. The van der Waals surface area contributed by atoms with Crippen molar-refractivity contribution in [2.24, 2.45) is 11.8 Å². The largest absolute Gasteiger partial charge is 0.360 e. The van der Waals surface area contributed by atoms with Crippen molar-refractivity contribution >= 4 is 28.9 Å². The van der Waals surface area contributed by atoms with Gasteiger partial charge in [-0.3, -0.25) is 9.89 Å². The predicted molar refractivity (Wildman–Crippen MR) is 94.3 cm³/mol. The standard InChI is InChI=1S/C16H25N5OS/c1-9-15(10(2)20-19-9)18-14(22)8-21(3)16(23)17-13-7-11-4-5-12(13)6-11/h11-13H,4-8H2,1-3H3,(H,17,23)(H,18,22)(H,19,20)/t11-,12+,13-/m0/s1. The topological polar surface area (TPSA) is 73.0 Å². The van der Waals surface area contributed by atoms with Gasteiger partial charge in [-0.05, 0) is 57.2 Å². The summed E-state index contributed by atoms with van der Waals surface area (Å²) in [4.78, 5) is 14.0. The molecule has 23 heavy (non-hydrogen) atoms. The van der Waals surface area contributed by atoms with Crippen molar-refractivity contribution in [3.05, 3.63) is 11.4 Å². The van der Waals surface area contributed by atoms with E-state index in [4.69, 9.17) is 12.2 Å². The zero-order chi connectivity index (χ0) is 16.6. The molecule has 1 aromatic rings. The first kappa shape index (κ1) is 16.2. The fourth-order valence-corrected chi connectivity index (χ4v) is 4.11. The van der Waals surface area contributed by atoms with Crippen molar-refractivity contribution in [2.75, 3.05) is 18.9 Å². The van der Waals surface area contributed by atoms with Crippen LogP contribution in [0.3, 0.4) is 0 Å². The van der Waals surface area contributed by atoms with E-state index in [2.05, 4.69) is 20.8 Å². The minimum Gasteiger partial charge on any atom is -0.360 e. The van der Waals surface area contributed by atoms with Gasteiger partial charge < -0.3 is 15.5 Å². The van der Waals surface area contributed by atoms with Gasteiger partial charge in [0, 0.05) is 13.1 Å². The van der Waals surface area contributed by atoms with Crippen molar-refractivity contribution in [3.63, 3.8) is 0 Å². The summed E-state index contributed by atoms with van der Waals surface area (Å²) in [6.07, 6.45) is 5.24. The Balaban J connectivity index is 1.49. The smallest absolute Gasteiger partial charge is 0.244 e. The van der Waals surface area contributed by atoms with Gasteiger partial charge in [-0.1, -0.05) is 6.42 Å². The molecule has 126 valence electrons. The Morgan fingerprint density at radius 3 is 2.74 bits per heavy atom. The second-order valence-electron chi connectivity index (χ2n) is 6.94. The molecule has 1 heterocycles. The Kier molecular flexibility index (Phi) is 4.57. The first-order chi connectivity index (χ1) is 10.9. The highest BCUT2D eigenvalue weighted by molar-refractivity contribution is 7.80. The number of aryl methyl sites for hydroxylation is 2. The molecule has 0 saturated heterocycles. The van der Waals surface area contributed by atoms with E-state index < -0.39 is 0 Å². The van der Waals surface area contributed by atoms with E-state index in [1.807, 2.05) is 20.9 Å². The van der Waals surface area contributed by atoms with Crippen LogP contribution in [-0.2, 0) is 4.79 Å². The maximum absolute atomic E-state index is 12.2. The second-order valence-corrected chi connectivity index (χ2v) is 7.33. The van der Waals surface area contributed by atoms with Crippen LogP contribution in [-0.4, -0.2) is 45.8 Å². The number of H-pyrrole nitrogens is 1. The number of amides is 1. The van der Waals surface area contributed by atoms with Crippen LogP contribution in [0.5, 0.6) is 0 Å².